The van der Waals surface area contributed by atoms with Crippen LogP contribution in [0.3, 0.4) is 0 Å². The average molecular weight is 443 g/mol. The maximum atomic E-state index is 13.9. The number of hydrogen-bond donors (Lipinski definition) is 0. The molecular formula is C30H25F3. The predicted octanol–water partition coefficient (Wildman–Crippen LogP) is 7.78. The molecule has 4 aromatic carbocycles. The zero-order valence-corrected chi connectivity index (χ0v) is 18.6. The monoisotopic (exact) mass is 442 g/mol. The molecule has 4 rings (SSSR count). The summed E-state index contributed by atoms with van der Waals surface area (Å²) in [6.07, 6.45) is 5.53. The van der Waals surface area contributed by atoms with Crippen molar-refractivity contribution in [3.63, 3.8) is 0 Å². The quantitative estimate of drug-likeness (QED) is 0.211. The van der Waals surface area contributed by atoms with Crippen LogP contribution in [0.1, 0.15) is 47.6 Å². The molecule has 0 atom stereocenters. The largest absolute Gasteiger partial charge is 0.204 e. The van der Waals surface area contributed by atoms with Gasteiger partial charge < -0.3 is 0 Å². The van der Waals surface area contributed by atoms with Crippen molar-refractivity contribution >= 4 is 10.8 Å². The SMILES string of the molecule is CCCCc1ccc(CCc2ccc(C#Cc3ccc4c(F)c(F)c(F)cc4c3)cc2)cc1. The number of hydrogen-bond acceptors (Lipinski definition) is 0. The van der Waals surface area contributed by atoms with Crippen molar-refractivity contribution in [1.29, 1.82) is 0 Å². The molecule has 4 aromatic rings. The predicted molar refractivity (Wildman–Crippen MR) is 129 cm³/mol. The van der Waals surface area contributed by atoms with Crippen LogP contribution in [0, 0.1) is 29.3 Å². The summed E-state index contributed by atoms with van der Waals surface area (Å²) in [5.41, 5.74) is 5.45. The first kappa shape index (κ1) is 22.7. The van der Waals surface area contributed by atoms with Gasteiger partial charge in [0.25, 0.3) is 0 Å². The van der Waals surface area contributed by atoms with Crippen molar-refractivity contribution in [3.05, 3.63) is 118 Å². The minimum absolute atomic E-state index is 0.0411. The van der Waals surface area contributed by atoms with Crippen LogP contribution in [-0.2, 0) is 19.3 Å². The fraction of sp³-hybridized carbons (Fsp3) is 0.200. The Morgan fingerprint density at radius 3 is 1.79 bits per heavy atom. The zero-order valence-electron chi connectivity index (χ0n) is 18.6. The standard InChI is InChI=1S/C30H25F3/c1-2-3-4-21-5-7-22(8-6-21)9-10-23-11-13-24(14-12-23)15-16-25-17-18-27-26(19-25)20-28(31)30(33)29(27)32/h5-8,11-14,17-20H,2-4,9-10H2,1H3. The second kappa shape index (κ2) is 10.4. The molecule has 0 bridgehead atoms. The van der Waals surface area contributed by atoms with Crippen molar-refractivity contribution in [2.24, 2.45) is 0 Å². The summed E-state index contributed by atoms with van der Waals surface area (Å²) in [6, 6.07) is 22.6. The first-order valence-electron chi connectivity index (χ1n) is 11.3. The van der Waals surface area contributed by atoms with Gasteiger partial charge >= 0.3 is 0 Å². The summed E-state index contributed by atoms with van der Waals surface area (Å²) in [5, 5.41) is 0.325. The van der Waals surface area contributed by atoms with E-state index in [0.29, 0.717) is 5.56 Å². The first-order valence-corrected chi connectivity index (χ1v) is 11.3. The lowest BCUT2D eigenvalue weighted by molar-refractivity contribution is 0.453. The Labute approximate surface area is 193 Å². The second-order valence-corrected chi connectivity index (χ2v) is 8.29. The Morgan fingerprint density at radius 2 is 1.15 bits per heavy atom. The molecule has 166 valence electrons. The fourth-order valence-corrected chi connectivity index (χ4v) is 3.82. The Balaban J connectivity index is 1.40. The van der Waals surface area contributed by atoms with Crippen LogP contribution in [0.4, 0.5) is 13.2 Å². The summed E-state index contributed by atoms with van der Waals surface area (Å²) in [7, 11) is 0. The van der Waals surface area contributed by atoms with E-state index in [1.807, 2.05) is 12.1 Å². The van der Waals surface area contributed by atoms with Crippen LogP contribution in [0.5, 0.6) is 0 Å². The number of halogens is 3. The van der Waals surface area contributed by atoms with Gasteiger partial charge in [0.05, 0.1) is 0 Å². The van der Waals surface area contributed by atoms with Crippen molar-refractivity contribution in [2.45, 2.75) is 39.0 Å². The molecule has 0 radical (unpaired) electrons. The van der Waals surface area contributed by atoms with E-state index in [2.05, 4.69) is 55.2 Å². The van der Waals surface area contributed by atoms with E-state index in [0.717, 1.165) is 30.9 Å². The van der Waals surface area contributed by atoms with E-state index in [4.69, 9.17) is 0 Å². The highest BCUT2D eigenvalue weighted by Gasteiger charge is 2.13. The van der Waals surface area contributed by atoms with Gasteiger partial charge in [-0.2, -0.15) is 0 Å². The third-order valence-corrected chi connectivity index (χ3v) is 5.82. The van der Waals surface area contributed by atoms with Gasteiger partial charge in [0.1, 0.15) is 0 Å². The fourth-order valence-electron chi connectivity index (χ4n) is 3.82. The molecule has 0 aliphatic rings. The van der Waals surface area contributed by atoms with Crippen LogP contribution < -0.4 is 0 Å². The molecule has 0 aliphatic carbocycles. The van der Waals surface area contributed by atoms with Crippen LogP contribution in [-0.4, -0.2) is 0 Å². The molecule has 0 heterocycles. The molecule has 0 amide bonds. The summed E-state index contributed by atoms with van der Waals surface area (Å²) >= 11 is 0. The van der Waals surface area contributed by atoms with E-state index >= 15 is 0 Å². The Bertz CT molecular complexity index is 1310. The average Bonchev–Trinajstić information content (AvgIpc) is 2.84. The molecule has 0 spiro atoms. The number of aryl methyl sites for hydroxylation is 3. The highest BCUT2D eigenvalue weighted by Crippen LogP contribution is 2.24. The molecule has 0 fully saturated rings. The van der Waals surface area contributed by atoms with Crippen molar-refractivity contribution in [3.8, 4) is 11.8 Å². The Morgan fingerprint density at radius 1 is 0.606 bits per heavy atom. The number of fused-ring (bicyclic) bond motifs is 1. The third kappa shape index (κ3) is 5.65. The molecule has 0 aromatic heterocycles. The van der Waals surface area contributed by atoms with Gasteiger partial charge in [-0.05, 0) is 78.1 Å². The maximum absolute atomic E-state index is 13.9. The normalized spacial score (nSPS) is 10.8. The van der Waals surface area contributed by atoms with Crippen molar-refractivity contribution in [2.75, 3.05) is 0 Å². The Kier molecular flexibility index (Phi) is 7.15. The molecule has 0 saturated heterocycles. The van der Waals surface area contributed by atoms with Crippen LogP contribution in [0.25, 0.3) is 10.8 Å². The van der Waals surface area contributed by atoms with E-state index < -0.39 is 17.5 Å². The van der Waals surface area contributed by atoms with Crippen LogP contribution in [0.15, 0.2) is 72.8 Å². The maximum Gasteiger partial charge on any atom is 0.195 e. The van der Waals surface area contributed by atoms with Crippen molar-refractivity contribution in [1.82, 2.24) is 0 Å². The molecule has 33 heavy (non-hydrogen) atoms. The summed E-state index contributed by atoms with van der Waals surface area (Å²) < 4.78 is 40.8. The second-order valence-electron chi connectivity index (χ2n) is 8.29. The number of benzene rings is 4. The smallest absolute Gasteiger partial charge is 0.195 e. The van der Waals surface area contributed by atoms with E-state index in [9.17, 15) is 13.2 Å². The molecule has 0 N–H and O–H groups in total. The van der Waals surface area contributed by atoms with E-state index in [1.165, 1.54) is 35.6 Å². The Hall–Kier alpha value is -3.51. The molecule has 0 aliphatic heterocycles. The van der Waals surface area contributed by atoms with Gasteiger partial charge in [-0.25, -0.2) is 13.2 Å². The minimum Gasteiger partial charge on any atom is -0.204 e. The van der Waals surface area contributed by atoms with Crippen molar-refractivity contribution < 1.29 is 13.2 Å². The van der Waals surface area contributed by atoms with Gasteiger partial charge in [0.15, 0.2) is 17.5 Å². The summed E-state index contributed by atoms with van der Waals surface area (Å²) in [4.78, 5) is 0. The molecule has 0 saturated carbocycles. The molecular weight excluding hydrogens is 417 g/mol. The van der Waals surface area contributed by atoms with Gasteiger partial charge in [0, 0.05) is 16.5 Å². The highest BCUT2D eigenvalue weighted by atomic mass is 19.2. The van der Waals surface area contributed by atoms with Crippen LogP contribution >= 0.6 is 0 Å². The van der Waals surface area contributed by atoms with E-state index in [-0.39, 0.29) is 10.8 Å². The molecule has 3 heteroatoms. The summed E-state index contributed by atoms with van der Waals surface area (Å²) in [6.45, 7) is 2.21. The van der Waals surface area contributed by atoms with Gasteiger partial charge in [-0.1, -0.05) is 67.6 Å². The van der Waals surface area contributed by atoms with Gasteiger partial charge in [0.2, 0.25) is 0 Å². The van der Waals surface area contributed by atoms with Gasteiger partial charge in [-0.3, -0.25) is 0 Å². The lowest BCUT2D eigenvalue weighted by Gasteiger charge is -2.05. The van der Waals surface area contributed by atoms with Gasteiger partial charge in [-0.15, -0.1) is 0 Å². The summed E-state index contributed by atoms with van der Waals surface area (Å²) in [5.74, 6) is 2.27. The minimum atomic E-state index is -1.45. The number of unbranched alkanes of at least 4 members (excludes halogenated alkanes) is 1. The zero-order chi connectivity index (χ0) is 23.2. The molecule has 0 nitrogen and oxygen atoms in total. The third-order valence-electron chi connectivity index (χ3n) is 5.82. The van der Waals surface area contributed by atoms with E-state index in [1.54, 1.807) is 12.1 Å². The lowest BCUT2D eigenvalue weighted by atomic mass is 10.0. The lowest BCUT2D eigenvalue weighted by Crippen LogP contribution is -1.93. The first-order chi connectivity index (χ1) is 16.0. The topological polar surface area (TPSA) is 0 Å². The van der Waals surface area contributed by atoms with Crippen LogP contribution in [0.2, 0.25) is 0 Å². The molecule has 0 unspecified atom stereocenters. The highest BCUT2D eigenvalue weighted by molar-refractivity contribution is 5.84. The number of rotatable bonds is 6.